The average molecular weight is 320 g/mol. The monoisotopic (exact) mass is 319 g/mol. The Bertz CT molecular complexity index is 638. The summed E-state index contributed by atoms with van der Waals surface area (Å²) < 4.78 is 6.01. The zero-order valence-corrected chi connectivity index (χ0v) is 12.6. The highest BCUT2D eigenvalue weighted by molar-refractivity contribution is 9.10. The van der Waals surface area contributed by atoms with Crippen LogP contribution in [0.5, 0.6) is 5.75 Å². The second kappa shape index (κ2) is 5.53. The lowest BCUT2D eigenvalue weighted by Gasteiger charge is -2.12. The molecule has 0 radical (unpaired) electrons. The molecule has 0 fully saturated rings. The average Bonchev–Trinajstić information content (AvgIpc) is 2.37. The molecule has 3 nitrogen and oxygen atoms in total. The molecular weight excluding hydrogens is 306 g/mol. The number of hydrogen-bond acceptors (Lipinski definition) is 3. The minimum atomic E-state index is -0.137. The predicted molar refractivity (Wildman–Crippen MR) is 77.8 cm³/mol. The molecule has 0 spiro atoms. The number of aryl methyl sites for hydroxylation is 2. The van der Waals surface area contributed by atoms with E-state index in [0.29, 0.717) is 21.5 Å². The van der Waals surface area contributed by atoms with Crippen molar-refractivity contribution in [3.63, 3.8) is 0 Å². The second-order valence-electron chi connectivity index (χ2n) is 4.32. The summed E-state index contributed by atoms with van der Waals surface area (Å²) in [5, 5.41) is 0. The van der Waals surface area contributed by atoms with E-state index in [1.54, 1.807) is 25.4 Å². The summed E-state index contributed by atoms with van der Waals surface area (Å²) in [7, 11) is 1.57. The third-order valence-electron chi connectivity index (χ3n) is 2.86. The number of pyridine rings is 1. The molecule has 0 saturated carbocycles. The summed E-state index contributed by atoms with van der Waals surface area (Å²) in [6, 6.07) is 7.40. The van der Waals surface area contributed by atoms with Crippen LogP contribution >= 0.6 is 15.9 Å². The van der Waals surface area contributed by atoms with Gasteiger partial charge in [-0.25, -0.2) is 0 Å². The van der Waals surface area contributed by atoms with E-state index in [0.717, 1.165) is 11.1 Å². The molecule has 1 heterocycles. The van der Waals surface area contributed by atoms with Gasteiger partial charge in [-0.05, 0) is 59.1 Å². The number of halogens is 1. The van der Waals surface area contributed by atoms with Gasteiger partial charge in [0.25, 0.3) is 0 Å². The van der Waals surface area contributed by atoms with Gasteiger partial charge in [-0.2, -0.15) is 0 Å². The zero-order valence-electron chi connectivity index (χ0n) is 11.0. The van der Waals surface area contributed by atoms with E-state index in [1.165, 1.54) is 0 Å². The lowest BCUT2D eigenvalue weighted by atomic mass is 9.99. The number of nitrogens with zero attached hydrogens (tertiary/aromatic N) is 1. The number of aromatic nitrogens is 1. The van der Waals surface area contributed by atoms with Gasteiger partial charge >= 0.3 is 0 Å². The van der Waals surface area contributed by atoms with Crippen molar-refractivity contribution in [2.45, 2.75) is 13.8 Å². The van der Waals surface area contributed by atoms with Crippen molar-refractivity contribution in [2.24, 2.45) is 0 Å². The van der Waals surface area contributed by atoms with Gasteiger partial charge in [0, 0.05) is 10.7 Å². The molecule has 98 valence electrons. The van der Waals surface area contributed by atoms with Crippen LogP contribution in [0.1, 0.15) is 27.2 Å². The molecule has 2 aromatic rings. The van der Waals surface area contributed by atoms with Gasteiger partial charge in [-0.3, -0.25) is 9.78 Å². The quantitative estimate of drug-likeness (QED) is 0.810. The van der Waals surface area contributed by atoms with Crippen LogP contribution in [0, 0.1) is 13.8 Å². The van der Waals surface area contributed by atoms with Crippen molar-refractivity contribution in [1.82, 2.24) is 4.98 Å². The van der Waals surface area contributed by atoms with Crippen molar-refractivity contribution in [3.05, 3.63) is 57.3 Å². The fraction of sp³-hybridized carbons (Fsp3) is 0.200. The fourth-order valence-corrected chi connectivity index (χ4v) is 2.49. The van der Waals surface area contributed by atoms with E-state index < -0.39 is 0 Å². The number of carbonyl (C=O) groups excluding carboxylic acids is 1. The topological polar surface area (TPSA) is 39.2 Å². The van der Waals surface area contributed by atoms with E-state index in [2.05, 4.69) is 20.9 Å². The Hall–Kier alpha value is -1.68. The van der Waals surface area contributed by atoms with Crippen LogP contribution in [0.25, 0.3) is 0 Å². The van der Waals surface area contributed by atoms with E-state index in [1.807, 2.05) is 26.0 Å². The molecule has 0 N–H and O–H groups in total. The first-order chi connectivity index (χ1) is 9.04. The summed E-state index contributed by atoms with van der Waals surface area (Å²) in [6.45, 7) is 3.88. The summed E-state index contributed by atoms with van der Waals surface area (Å²) in [4.78, 5) is 16.7. The van der Waals surface area contributed by atoms with Crippen molar-refractivity contribution in [2.75, 3.05) is 7.11 Å². The maximum Gasteiger partial charge on any atom is 0.216 e. The number of benzene rings is 1. The molecule has 0 unspecified atom stereocenters. The van der Waals surface area contributed by atoms with E-state index in [4.69, 9.17) is 4.74 Å². The molecule has 0 amide bonds. The Balaban J connectivity index is 2.59. The van der Waals surface area contributed by atoms with Crippen molar-refractivity contribution in [3.8, 4) is 5.75 Å². The first-order valence-corrected chi connectivity index (χ1v) is 6.64. The van der Waals surface area contributed by atoms with Gasteiger partial charge < -0.3 is 4.74 Å². The summed E-state index contributed by atoms with van der Waals surface area (Å²) in [6.07, 6.45) is 1.61. The van der Waals surface area contributed by atoms with Gasteiger partial charge in [0.05, 0.1) is 12.7 Å². The molecule has 0 atom stereocenters. The summed E-state index contributed by atoms with van der Waals surface area (Å²) in [5.74, 6) is 0.446. The highest BCUT2D eigenvalue weighted by Crippen LogP contribution is 2.28. The van der Waals surface area contributed by atoms with E-state index in [9.17, 15) is 4.79 Å². The van der Waals surface area contributed by atoms with Crippen molar-refractivity contribution >= 4 is 21.7 Å². The molecule has 4 heteroatoms. The standard InChI is InChI=1S/C15H14BrNO2/c1-9-7-10(2)13(12(8-9)19-3)15(18)14-11(16)5-4-6-17-14/h4-8H,1-3H3. The largest absolute Gasteiger partial charge is 0.496 e. The zero-order chi connectivity index (χ0) is 14.0. The number of rotatable bonds is 3. The smallest absolute Gasteiger partial charge is 0.216 e. The first-order valence-electron chi connectivity index (χ1n) is 5.85. The highest BCUT2D eigenvalue weighted by Gasteiger charge is 2.20. The molecule has 1 aromatic carbocycles. The SMILES string of the molecule is COc1cc(C)cc(C)c1C(=O)c1ncccc1Br. The Morgan fingerprint density at radius 1 is 1.32 bits per heavy atom. The molecule has 19 heavy (non-hydrogen) atoms. The normalized spacial score (nSPS) is 10.3. The minimum Gasteiger partial charge on any atom is -0.496 e. The Morgan fingerprint density at radius 2 is 2.05 bits per heavy atom. The number of carbonyl (C=O) groups is 1. The van der Waals surface area contributed by atoms with Crippen LogP contribution in [0.15, 0.2) is 34.9 Å². The molecule has 0 bridgehead atoms. The highest BCUT2D eigenvalue weighted by atomic mass is 79.9. The first kappa shape index (κ1) is 13.7. The van der Waals surface area contributed by atoms with Crippen LogP contribution in [0.3, 0.4) is 0 Å². The maximum absolute atomic E-state index is 12.6. The summed E-state index contributed by atoms with van der Waals surface area (Å²) >= 11 is 3.36. The molecule has 0 saturated heterocycles. The lowest BCUT2D eigenvalue weighted by Crippen LogP contribution is -2.09. The van der Waals surface area contributed by atoms with Gasteiger partial charge in [0.15, 0.2) is 0 Å². The lowest BCUT2D eigenvalue weighted by molar-refractivity contribution is 0.103. The molecule has 0 aliphatic heterocycles. The van der Waals surface area contributed by atoms with Crippen molar-refractivity contribution in [1.29, 1.82) is 0 Å². The van der Waals surface area contributed by atoms with Crippen LogP contribution in [-0.4, -0.2) is 17.9 Å². The third-order valence-corrected chi connectivity index (χ3v) is 3.50. The molecular formula is C15H14BrNO2. The summed E-state index contributed by atoms with van der Waals surface area (Å²) in [5.41, 5.74) is 2.91. The van der Waals surface area contributed by atoms with Crippen molar-refractivity contribution < 1.29 is 9.53 Å². The maximum atomic E-state index is 12.6. The number of ketones is 1. The molecule has 2 rings (SSSR count). The van der Waals surface area contributed by atoms with Gasteiger partial charge in [-0.1, -0.05) is 6.07 Å². The molecule has 0 aliphatic carbocycles. The van der Waals surface area contributed by atoms with Crippen LogP contribution < -0.4 is 4.74 Å². The number of methoxy groups -OCH3 is 1. The molecule has 1 aromatic heterocycles. The predicted octanol–water partition coefficient (Wildman–Crippen LogP) is 3.70. The number of hydrogen-bond donors (Lipinski definition) is 0. The van der Waals surface area contributed by atoms with Gasteiger partial charge in [0.1, 0.15) is 11.4 Å². The van der Waals surface area contributed by atoms with E-state index >= 15 is 0 Å². The number of ether oxygens (including phenoxy) is 1. The molecule has 0 aliphatic rings. The minimum absolute atomic E-state index is 0.137. The van der Waals surface area contributed by atoms with Crippen LogP contribution in [0.2, 0.25) is 0 Å². The van der Waals surface area contributed by atoms with Crippen LogP contribution in [-0.2, 0) is 0 Å². The Labute approximate surface area is 120 Å². The van der Waals surface area contributed by atoms with Gasteiger partial charge in [-0.15, -0.1) is 0 Å². The Kier molecular flexibility index (Phi) is 4.00. The Morgan fingerprint density at radius 3 is 2.68 bits per heavy atom. The second-order valence-corrected chi connectivity index (χ2v) is 5.18. The van der Waals surface area contributed by atoms with E-state index in [-0.39, 0.29) is 5.78 Å². The van der Waals surface area contributed by atoms with Gasteiger partial charge in [0.2, 0.25) is 5.78 Å². The van der Waals surface area contributed by atoms with Crippen LogP contribution in [0.4, 0.5) is 0 Å². The fourth-order valence-electron chi connectivity index (χ4n) is 2.05. The third kappa shape index (κ3) is 2.68.